The van der Waals surface area contributed by atoms with Crippen molar-refractivity contribution in [2.75, 3.05) is 32.6 Å². The van der Waals surface area contributed by atoms with E-state index in [1.165, 1.54) is 7.11 Å². The van der Waals surface area contributed by atoms with Crippen LogP contribution in [-0.4, -0.2) is 49.1 Å². The molecule has 1 N–H and O–H groups in total. The molecule has 2 atom stereocenters. The Morgan fingerprint density at radius 2 is 2.47 bits per heavy atom. The second-order valence-corrected chi connectivity index (χ2v) is 6.03. The van der Waals surface area contributed by atoms with Crippen molar-refractivity contribution in [2.45, 2.75) is 25.8 Å². The largest absolute Gasteiger partial charge is 0.469 e. The lowest BCUT2D eigenvalue weighted by Gasteiger charge is -2.35. The maximum Gasteiger partial charge on any atom is 0.311 e. The normalized spacial score (nSPS) is 24.2. The summed E-state index contributed by atoms with van der Waals surface area (Å²) < 4.78 is 4.64. The molecule has 1 aromatic rings. The lowest BCUT2D eigenvalue weighted by atomic mass is 9.94. The van der Waals surface area contributed by atoms with Crippen LogP contribution in [0.25, 0.3) is 0 Å². The Labute approximate surface area is 118 Å². The average Bonchev–Trinajstić information content (AvgIpc) is 2.80. The van der Waals surface area contributed by atoms with Gasteiger partial charge in [0.25, 0.3) is 0 Å². The van der Waals surface area contributed by atoms with Crippen LogP contribution in [0.4, 0.5) is 5.13 Å². The number of aromatic nitrogens is 1. The second kappa shape index (κ2) is 6.34. The van der Waals surface area contributed by atoms with Crippen LogP contribution in [0.15, 0.2) is 5.38 Å². The number of hydrogen-bond acceptors (Lipinski definition) is 6. The number of esters is 1. The molecule has 5 nitrogen and oxygen atoms in total. The zero-order chi connectivity index (χ0) is 13.8. The molecule has 6 heteroatoms. The first-order chi connectivity index (χ1) is 9.08. The van der Waals surface area contributed by atoms with Gasteiger partial charge in [0.05, 0.1) is 19.2 Å². The van der Waals surface area contributed by atoms with Crippen molar-refractivity contribution in [3.8, 4) is 0 Å². The monoisotopic (exact) mass is 283 g/mol. The summed E-state index contributed by atoms with van der Waals surface area (Å²) in [6, 6.07) is 0.466. The summed E-state index contributed by atoms with van der Waals surface area (Å²) in [7, 11) is 3.55. The summed E-state index contributed by atoms with van der Waals surface area (Å²) in [6.45, 7) is 4.48. The third kappa shape index (κ3) is 3.91. The van der Waals surface area contributed by atoms with E-state index >= 15 is 0 Å². The summed E-state index contributed by atoms with van der Waals surface area (Å²) in [5.74, 6) is 0.358. The predicted octanol–water partition coefficient (Wildman–Crippen LogP) is 1.61. The number of carbonyl (C=O) groups is 1. The van der Waals surface area contributed by atoms with Crippen LogP contribution < -0.4 is 5.32 Å². The van der Waals surface area contributed by atoms with E-state index in [9.17, 15) is 4.79 Å². The number of rotatable bonds is 4. The van der Waals surface area contributed by atoms with Gasteiger partial charge in [-0.15, -0.1) is 11.3 Å². The number of likely N-dealkylation sites (tertiary alicyclic amines) is 1. The first-order valence-electron chi connectivity index (χ1n) is 6.54. The fraction of sp³-hybridized carbons (Fsp3) is 0.692. The van der Waals surface area contributed by atoms with E-state index in [1.54, 1.807) is 11.3 Å². The van der Waals surface area contributed by atoms with E-state index in [4.69, 9.17) is 0 Å². The van der Waals surface area contributed by atoms with Gasteiger partial charge < -0.3 is 15.0 Å². The Kier molecular flexibility index (Phi) is 4.76. The van der Waals surface area contributed by atoms with E-state index in [2.05, 4.69) is 33.9 Å². The van der Waals surface area contributed by atoms with Gasteiger partial charge in [-0.1, -0.05) is 6.92 Å². The van der Waals surface area contributed by atoms with Gasteiger partial charge in [0.1, 0.15) is 0 Å². The van der Waals surface area contributed by atoms with Gasteiger partial charge in [-0.3, -0.25) is 4.79 Å². The van der Waals surface area contributed by atoms with E-state index in [1.807, 2.05) is 5.38 Å². The highest BCUT2D eigenvalue weighted by Crippen LogP contribution is 2.23. The SMILES string of the molecule is COC(=O)Cc1csc(NC2CCN(C)CC2C)n1. The van der Waals surface area contributed by atoms with Gasteiger partial charge in [0.2, 0.25) is 0 Å². The quantitative estimate of drug-likeness (QED) is 0.851. The molecule has 1 aliphatic rings. The summed E-state index contributed by atoms with van der Waals surface area (Å²) in [5.41, 5.74) is 0.778. The molecule has 0 saturated carbocycles. The molecule has 2 rings (SSSR count). The minimum absolute atomic E-state index is 0.246. The van der Waals surface area contributed by atoms with Crippen molar-refractivity contribution in [2.24, 2.45) is 5.92 Å². The van der Waals surface area contributed by atoms with Crippen LogP contribution >= 0.6 is 11.3 Å². The smallest absolute Gasteiger partial charge is 0.311 e. The molecule has 19 heavy (non-hydrogen) atoms. The van der Waals surface area contributed by atoms with Crippen molar-refractivity contribution in [3.05, 3.63) is 11.1 Å². The van der Waals surface area contributed by atoms with Crippen LogP contribution in [-0.2, 0) is 16.0 Å². The molecular formula is C13H21N3O2S. The standard InChI is InChI=1S/C13H21N3O2S/c1-9-7-16(2)5-4-11(9)15-13-14-10(8-19-13)6-12(17)18-3/h8-9,11H,4-7H2,1-3H3,(H,14,15). The van der Waals surface area contributed by atoms with E-state index < -0.39 is 0 Å². The topological polar surface area (TPSA) is 54.5 Å². The first-order valence-corrected chi connectivity index (χ1v) is 7.42. The van der Waals surface area contributed by atoms with Crippen LogP contribution in [0, 0.1) is 5.92 Å². The number of piperidine rings is 1. The highest BCUT2D eigenvalue weighted by Gasteiger charge is 2.24. The molecule has 0 bridgehead atoms. The van der Waals surface area contributed by atoms with E-state index in [-0.39, 0.29) is 12.4 Å². The van der Waals surface area contributed by atoms with Crippen molar-refractivity contribution in [1.82, 2.24) is 9.88 Å². The van der Waals surface area contributed by atoms with Crippen LogP contribution in [0.1, 0.15) is 19.0 Å². The van der Waals surface area contributed by atoms with Gasteiger partial charge in [0.15, 0.2) is 5.13 Å². The van der Waals surface area contributed by atoms with E-state index in [0.717, 1.165) is 30.3 Å². The van der Waals surface area contributed by atoms with Gasteiger partial charge >= 0.3 is 5.97 Å². The minimum Gasteiger partial charge on any atom is -0.469 e. The molecule has 1 saturated heterocycles. The Balaban J connectivity index is 1.91. The molecule has 0 spiro atoms. The summed E-state index contributed by atoms with van der Waals surface area (Å²) in [5, 5.41) is 6.31. The Hall–Kier alpha value is -1.14. The fourth-order valence-corrected chi connectivity index (χ4v) is 3.17. The molecule has 2 heterocycles. The molecule has 2 unspecified atom stereocenters. The lowest BCUT2D eigenvalue weighted by Crippen LogP contribution is -2.43. The highest BCUT2D eigenvalue weighted by atomic mass is 32.1. The van der Waals surface area contributed by atoms with Crippen molar-refractivity contribution in [1.29, 1.82) is 0 Å². The van der Waals surface area contributed by atoms with Gasteiger partial charge in [-0.05, 0) is 25.9 Å². The maximum atomic E-state index is 11.2. The van der Waals surface area contributed by atoms with Gasteiger partial charge in [0, 0.05) is 18.0 Å². The van der Waals surface area contributed by atoms with Crippen molar-refractivity contribution in [3.63, 3.8) is 0 Å². The first kappa shape index (κ1) is 14.3. The Morgan fingerprint density at radius 3 is 3.16 bits per heavy atom. The van der Waals surface area contributed by atoms with Crippen molar-refractivity contribution < 1.29 is 9.53 Å². The minimum atomic E-state index is -0.246. The third-order valence-corrected chi connectivity index (χ3v) is 4.34. The number of ether oxygens (including phenoxy) is 1. The number of methoxy groups -OCH3 is 1. The zero-order valence-corrected chi connectivity index (χ0v) is 12.5. The number of thiazole rings is 1. The molecule has 0 amide bonds. The van der Waals surface area contributed by atoms with Crippen molar-refractivity contribution >= 4 is 22.4 Å². The molecule has 0 radical (unpaired) electrons. The number of nitrogens with one attached hydrogen (secondary N) is 1. The third-order valence-electron chi connectivity index (χ3n) is 3.52. The van der Waals surface area contributed by atoms with Crippen LogP contribution in [0.5, 0.6) is 0 Å². The van der Waals surface area contributed by atoms with E-state index in [0.29, 0.717) is 12.0 Å². The van der Waals surface area contributed by atoms with Gasteiger partial charge in [-0.25, -0.2) is 4.98 Å². The molecular weight excluding hydrogens is 262 g/mol. The summed E-state index contributed by atoms with van der Waals surface area (Å²) in [6.07, 6.45) is 1.38. The Morgan fingerprint density at radius 1 is 1.68 bits per heavy atom. The zero-order valence-electron chi connectivity index (χ0n) is 11.7. The molecule has 0 aromatic carbocycles. The van der Waals surface area contributed by atoms with Crippen LogP contribution in [0.2, 0.25) is 0 Å². The number of hydrogen-bond donors (Lipinski definition) is 1. The van der Waals surface area contributed by atoms with Crippen LogP contribution in [0.3, 0.4) is 0 Å². The molecule has 1 fully saturated rings. The molecule has 1 aromatic heterocycles. The molecule has 106 valence electrons. The number of nitrogens with zero attached hydrogens (tertiary/aromatic N) is 2. The number of anilines is 1. The highest BCUT2D eigenvalue weighted by molar-refractivity contribution is 7.13. The summed E-state index contributed by atoms with van der Waals surface area (Å²) in [4.78, 5) is 18.0. The maximum absolute atomic E-state index is 11.2. The number of carbonyl (C=O) groups excluding carboxylic acids is 1. The summed E-state index contributed by atoms with van der Waals surface area (Å²) >= 11 is 1.55. The predicted molar refractivity (Wildman–Crippen MR) is 76.5 cm³/mol. The second-order valence-electron chi connectivity index (χ2n) is 5.18. The van der Waals surface area contributed by atoms with Gasteiger partial charge in [-0.2, -0.15) is 0 Å². The molecule has 1 aliphatic heterocycles. The lowest BCUT2D eigenvalue weighted by molar-refractivity contribution is -0.139. The molecule has 0 aliphatic carbocycles. The average molecular weight is 283 g/mol. The fourth-order valence-electron chi connectivity index (χ4n) is 2.40. The Bertz CT molecular complexity index is 435.